The highest BCUT2D eigenvalue weighted by molar-refractivity contribution is 6.31. The minimum atomic E-state index is -0.437. The Morgan fingerprint density at radius 1 is 1.13 bits per heavy atom. The molecule has 0 fully saturated rings. The normalized spacial score (nSPS) is 13.0. The molecular weight excluding hydrogens is 310 g/mol. The standard InChI is InChI=1S/C18H18ClN3O/c1-12(15-8-4-5-9-16(15)19)21-13(2)18(23)22-17-10-6-3-7-14(17)11-20/h3-10,12-13,21H,1-2H3,(H,22,23)/t12-,13-/m0/s1. The van der Waals surface area contributed by atoms with Crippen LogP contribution in [0.2, 0.25) is 5.02 Å². The Morgan fingerprint density at radius 3 is 2.48 bits per heavy atom. The minimum absolute atomic E-state index is 0.0735. The van der Waals surface area contributed by atoms with Crippen LogP contribution in [-0.4, -0.2) is 11.9 Å². The van der Waals surface area contributed by atoms with Gasteiger partial charge >= 0.3 is 0 Å². The van der Waals surface area contributed by atoms with Crippen molar-refractivity contribution in [2.24, 2.45) is 0 Å². The number of amides is 1. The molecule has 0 bridgehead atoms. The van der Waals surface area contributed by atoms with E-state index in [1.54, 1.807) is 31.2 Å². The van der Waals surface area contributed by atoms with Crippen LogP contribution in [0.4, 0.5) is 5.69 Å². The van der Waals surface area contributed by atoms with E-state index in [1.807, 2.05) is 31.2 Å². The van der Waals surface area contributed by atoms with Gasteiger partial charge in [-0.25, -0.2) is 0 Å². The second kappa shape index (κ2) is 7.77. The highest BCUT2D eigenvalue weighted by Crippen LogP contribution is 2.22. The monoisotopic (exact) mass is 327 g/mol. The number of halogens is 1. The first-order valence-electron chi connectivity index (χ1n) is 7.33. The molecule has 0 saturated heterocycles. The number of benzene rings is 2. The van der Waals surface area contributed by atoms with E-state index in [0.29, 0.717) is 16.3 Å². The lowest BCUT2D eigenvalue weighted by Gasteiger charge is -2.21. The number of hydrogen-bond acceptors (Lipinski definition) is 3. The molecule has 0 heterocycles. The van der Waals surface area contributed by atoms with Crippen LogP contribution >= 0.6 is 11.6 Å². The molecule has 0 aliphatic heterocycles. The van der Waals surface area contributed by atoms with Crippen molar-refractivity contribution in [1.29, 1.82) is 5.26 Å². The maximum absolute atomic E-state index is 12.3. The number of carbonyl (C=O) groups is 1. The number of nitrogens with zero attached hydrogens (tertiary/aromatic N) is 1. The van der Waals surface area contributed by atoms with Gasteiger partial charge in [-0.05, 0) is 37.6 Å². The zero-order valence-corrected chi connectivity index (χ0v) is 13.8. The fraction of sp³-hybridized carbons (Fsp3) is 0.222. The summed E-state index contributed by atoms with van der Waals surface area (Å²) in [6.07, 6.45) is 0. The molecule has 2 rings (SSSR count). The second-order valence-corrected chi connectivity index (χ2v) is 5.69. The van der Waals surface area contributed by atoms with E-state index in [0.717, 1.165) is 5.56 Å². The summed E-state index contributed by atoms with van der Waals surface area (Å²) in [6, 6.07) is 16.0. The molecule has 0 radical (unpaired) electrons. The number of nitriles is 1. The molecule has 0 aromatic heterocycles. The molecule has 0 spiro atoms. The number of rotatable bonds is 5. The zero-order chi connectivity index (χ0) is 16.8. The zero-order valence-electron chi connectivity index (χ0n) is 13.0. The summed E-state index contributed by atoms with van der Waals surface area (Å²) in [7, 11) is 0. The van der Waals surface area contributed by atoms with Crippen LogP contribution in [0.15, 0.2) is 48.5 Å². The topological polar surface area (TPSA) is 64.9 Å². The molecule has 2 aromatic rings. The van der Waals surface area contributed by atoms with Crippen molar-refractivity contribution in [2.45, 2.75) is 25.9 Å². The highest BCUT2D eigenvalue weighted by atomic mass is 35.5. The van der Waals surface area contributed by atoms with Crippen molar-refractivity contribution in [3.63, 3.8) is 0 Å². The Kier molecular flexibility index (Phi) is 5.75. The van der Waals surface area contributed by atoms with Gasteiger partial charge in [-0.1, -0.05) is 41.9 Å². The fourth-order valence-corrected chi connectivity index (χ4v) is 2.60. The Labute approximate surface area is 141 Å². The van der Waals surface area contributed by atoms with Crippen molar-refractivity contribution in [3.8, 4) is 6.07 Å². The maximum atomic E-state index is 12.3. The van der Waals surface area contributed by atoms with E-state index in [2.05, 4.69) is 16.7 Å². The highest BCUT2D eigenvalue weighted by Gasteiger charge is 2.18. The van der Waals surface area contributed by atoms with E-state index in [-0.39, 0.29) is 11.9 Å². The molecular formula is C18H18ClN3O. The summed E-state index contributed by atoms with van der Waals surface area (Å²) in [5.74, 6) is -0.202. The molecule has 5 heteroatoms. The van der Waals surface area contributed by atoms with Crippen LogP contribution in [0, 0.1) is 11.3 Å². The molecule has 2 atom stereocenters. The molecule has 1 amide bonds. The summed E-state index contributed by atoms with van der Waals surface area (Å²) >= 11 is 6.17. The largest absolute Gasteiger partial charge is 0.324 e. The van der Waals surface area contributed by atoms with E-state index in [9.17, 15) is 4.79 Å². The van der Waals surface area contributed by atoms with Crippen molar-refractivity contribution < 1.29 is 4.79 Å². The van der Waals surface area contributed by atoms with Crippen LogP contribution in [-0.2, 0) is 4.79 Å². The summed E-state index contributed by atoms with van der Waals surface area (Å²) in [4.78, 5) is 12.3. The predicted molar refractivity (Wildman–Crippen MR) is 92.3 cm³/mol. The van der Waals surface area contributed by atoms with Crippen LogP contribution in [0.3, 0.4) is 0 Å². The summed E-state index contributed by atoms with van der Waals surface area (Å²) in [5, 5.41) is 15.7. The minimum Gasteiger partial charge on any atom is -0.324 e. The van der Waals surface area contributed by atoms with Gasteiger partial charge in [-0.15, -0.1) is 0 Å². The van der Waals surface area contributed by atoms with Gasteiger partial charge in [0.05, 0.1) is 17.3 Å². The van der Waals surface area contributed by atoms with Gasteiger partial charge in [-0.2, -0.15) is 5.26 Å². The van der Waals surface area contributed by atoms with E-state index < -0.39 is 6.04 Å². The van der Waals surface area contributed by atoms with Gasteiger partial charge in [-0.3, -0.25) is 10.1 Å². The number of hydrogen-bond donors (Lipinski definition) is 2. The molecule has 23 heavy (non-hydrogen) atoms. The number of carbonyl (C=O) groups excluding carboxylic acids is 1. The summed E-state index contributed by atoms with van der Waals surface area (Å²) in [5.41, 5.74) is 1.89. The Morgan fingerprint density at radius 2 is 1.78 bits per heavy atom. The quantitative estimate of drug-likeness (QED) is 0.875. The van der Waals surface area contributed by atoms with E-state index >= 15 is 0 Å². The van der Waals surface area contributed by atoms with Crippen LogP contribution in [0.25, 0.3) is 0 Å². The molecule has 4 nitrogen and oxygen atoms in total. The third-order valence-corrected chi connectivity index (χ3v) is 3.91. The molecule has 2 N–H and O–H groups in total. The van der Waals surface area contributed by atoms with Crippen LogP contribution in [0.1, 0.15) is 31.0 Å². The first-order chi connectivity index (χ1) is 11.0. The van der Waals surface area contributed by atoms with E-state index in [4.69, 9.17) is 16.9 Å². The Hall–Kier alpha value is -2.35. The lowest BCUT2D eigenvalue weighted by Crippen LogP contribution is -2.39. The van der Waals surface area contributed by atoms with Gasteiger partial charge in [0.25, 0.3) is 0 Å². The van der Waals surface area contributed by atoms with Crippen molar-refractivity contribution in [1.82, 2.24) is 5.32 Å². The molecule has 0 saturated carbocycles. The van der Waals surface area contributed by atoms with Gasteiger partial charge in [0.1, 0.15) is 6.07 Å². The Balaban J connectivity index is 2.03. The molecule has 2 aromatic carbocycles. The van der Waals surface area contributed by atoms with E-state index in [1.165, 1.54) is 0 Å². The molecule has 0 aliphatic rings. The van der Waals surface area contributed by atoms with Crippen molar-refractivity contribution in [2.75, 3.05) is 5.32 Å². The summed E-state index contributed by atoms with van der Waals surface area (Å²) in [6.45, 7) is 3.73. The predicted octanol–water partition coefficient (Wildman–Crippen LogP) is 3.89. The smallest absolute Gasteiger partial charge is 0.241 e. The molecule has 0 aliphatic carbocycles. The second-order valence-electron chi connectivity index (χ2n) is 5.28. The lowest BCUT2D eigenvalue weighted by molar-refractivity contribution is -0.117. The average molecular weight is 328 g/mol. The number of nitrogens with one attached hydrogen (secondary N) is 2. The van der Waals surface area contributed by atoms with Gasteiger partial charge in [0.2, 0.25) is 5.91 Å². The molecule has 0 unspecified atom stereocenters. The number of para-hydroxylation sites is 1. The first-order valence-corrected chi connectivity index (χ1v) is 7.71. The fourth-order valence-electron chi connectivity index (χ4n) is 2.30. The van der Waals surface area contributed by atoms with Crippen molar-refractivity contribution >= 4 is 23.2 Å². The molecule has 118 valence electrons. The van der Waals surface area contributed by atoms with Gasteiger partial charge < -0.3 is 5.32 Å². The lowest BCUT2D eigenvalue weighted by atomic mass is 10.1. The first kappa shape index (κ1) is 17.0. The van der Waals surface area contributed by atoms with Crippen LogP contribution < -0.4 is 10.6 Å². The van der Waals surface area contributed by atoms with Gasteiger partial charge in [0.15, 0.2) is 0 Å². The van der Waals surface area contributed by atoms with Gasteiger partial charge in [0, 0.05) is 11.1 Å². The number of anilines is 1. The summed E-state index contributed by atoms with van der Waals surface area (Å²) < 4.78 is 0. The third kappa shape index (κ3) is 4.32. The SMILES string of the molecule is C[C@H](N[C@@H](C)c1ccccc1Cl)C(=O)Nc1ccccc1C#N. The van der Waals surface area contributed by atoms with Crippen LogP contribution in [0.5, 0.6) is 0 Å². The van der Waals surface area contributed by atoms with Crippen molar-refractivity contribution in [3.05, 3.63) is 64.7 Å². The Bertz CT molecular complexity index is 739. The maximum Gasteiger partial charge on any atom is 0.241 e. The average Bonchev–Trinajstić information content (AvgIpc) is 2.55. The third-order valence-electron chi connectivity index (χ3n) is 3.57.